The first-order chi connectivity index (χ1) is 8.57. The second kappa shape index (κ2) is 6.10. The third-order valence-electron chi connectivity index (χ3n) is 4.54. The highest BCUT2D eigenvalue weighted by atomic mass is 35.5. The standard InChI is InChI=1S/C13H24ClNO2S/c1-15-11-7-3-5-9-13(11)18(16,17)12-8-4-2-6-10(12)14/h10-13,15H,2-9H2,1H3. The predicted molar refractivity (Wildman–Crippen MR) is 75.9 cm³/mol. The molecule has 0 aromatic heterocycles. The number of alkyl halides is 1. The molecule has 4 unspecified atom stereocenters. The van der Waals surface area contributed by atoms with Crippen molar-refractivity contribution in [3.8, 4) is 0 Å². The van der Waals surface area contributed by atoms with Crippen LogP contribution in [0.5, 0.6) is 0 Å². The smallest absolute Gasteiger partial charge is 0.158 e. The Hall–Kier alpha value is 0.200. The SMILES string of the molecule is CNC1CCCCC1S(=O)(=O)C1CCCCC1Cl. The second-order valence-corrected chi connectivity index (χ2v) is 8.60. The molecule has 0 aliphatic heterocycles. The Morgan fingerprint density at radius 3 is 2.11 bits per heavy atom. The monoisotopic (exact) mass is 293 g/mol. The molecular formula is C13H24ClNO2S. The van der Waals surface area contributed by atoms with E-state index in [9.17, 15) is 8.42 Å². The van der Waals surface area contributed by atoms with Crippen molar-refractivity contribution in [2.45, 2.75) is 73.3 Å². The van der Waals surface area contributed by atoms with Crippen molar-refractivity contribution in [2.24, 2.45) is 0 Å². The molecule has 0 aromatic carbocycles. The van der Waals surface area contributed by atoms with E-state index in [2.05, 4.69) is 5.32 Å². The van der Waals surface area contributed by atoms with Crippen molar-refractivity contribution in [1.29, 1.82) is 0 Å². The van der Waals surface area contributed by atoms with E-state index >= 15 is 0 Å². The lowest BCUT2D eigenvalue weighted by Crippen LogP contribution is -2.50. The first kappa shape index (κ1) is 14.6. The van der Waals surface area contributed by atoms with Crippen molar-refractivity contribution in [3.63, 3.8) is 0 Å². The Bertz CT molecular complexity index is 371. The van der Waals surface area contributed by atoms with Crippen LogP contribution in [0.25, 0.3) is 0 Å². The van der Waals surface area contributed by atoms with Crippen LogP contribution in [0.2, 0.25) is 0 Å². The molecule has 0 radical (unpaired) electrons. The summed E-state index contributed by atoms with van der Waals surface area (Å²) in [6.45, 7) is 0. The normalized spacial score (nSPS) is 38.6. The number of hydrogen-bond donors (Lipinski definition) is 1. The van der Waals surface area contributed by atoms with Gasteiger partial charge in [0.25, 0.3) is 0 Å². The molecule has 0 heterocycles. The highest BCUT2D eigenvalue weighted by Crippen LogP contribution is 2.34. The fourth-order valence-corrected chi connectivity index (χ4v) is 6.89. The van der Waals surface area contributed by atoms with Gasteiger partial charge in [0.05, 0.1) is 15.9 Å². The molecule has 1 N–H and O–H groups in total. The topological polar surface area (TPSA) is 46.2 Å². The highest BCUT2D eigenvalue weighted by Gasteiger charge is 2.43. The minimum absolute atomic E-state index is 0.120. The first-order valence-electron chi connectivity index (χ1n) is 7.11. The average Bonchev–Trinajstić information content (AvgIpc) is 2.39. The number of halogens is 1. The number of hydrogen-bond acceptors (Lipinski definition) is 3. The molecular weight excluding hydrogens is 270 g/mol. The summed E-state index contributed by atoms with van der Waals surface area (Å²) in [5, 5.41) is 2.48. The van der Waals surface area contributed by atoms with Gasteiger partial charge in [-0.1, -0.05) is 25.7 Å². The van der Waals surface area contributed by atoms with Gasteiger partial charge in [-0.15, -0.1) is 11.6 Å². The highest BCUT2D eigenvalue weighted by molar-refractivity contribution is 7.92. The van der Waals surface area contributed by atoms with Crippen LogP contribution in [-0.2, 0) is 9.84 Å². The van der Waals surface area contributed by atoms with Crippen LogP contribution in [0.1, 0.15) is 51.4 Å². The fourth-order valence-electron chi connectivity index (χ4n) is 3.47. The quantitative estimate of drug-likeness (QED) is 0.813. The van der Waals surface area contributed by atoms with Gasteiger partial charge in [0.2, 0.25) is 0 Å². The van der Waals surface area contributed by atoms with Crippen molar-refractivity contribution in [2.75, 3.05) is 7.05 Å². The van der Waals surface area contributed by atoms with Crippen molar-refractivity contribution >= 4 is 21.4 Å². The summed E-state index contributed by atoms with van der Waals surface area (Å²) in [5.74, 6) is 0. The van der Waals surface area contributed by atoms with Gasteiger partial charge in [-0.2, -0.15) is 0 Å². The van der Waals surface area contributed by atoms with Crippen LogP contribution in [-0.4, -0.2) is 37.4 Å². The predicted octanol–water partition coefficient (Wildman–Crippen LogP) is 2.48. The minimum atomic E-state index is -3.09. The number of rotatable bonds is 3. The zero-order valence-corrected chi connectivity index (χ0v) is 12.6. The Kier molecular flexibility index (Phi) is 4.95. The van der Waals surface area contributed by atoms with Crippen LogP contribution in [0.4, 0.5) is 0 Å². The van der Waals surface area contributed by atoms with Crippen LogP contribution >= 0.6 is 11.6 Å². The number of nitrogens with one attached hydrogen (secondary N) is 1. The molecule has 2 fully saturated rings. The van der Waals surface area contributed by atoms with E-state index in [1.54, 1.807) is 0 Å². The maximum Gasteiger partial charge on any atom is 0.158 e. The largest absolute Gasteiger partial charge is 0.316 e. The molecule has 18 heavy (non-hydrogen) atoms. The molecule has 0 spiro atoms. The molecule has 0 bridgehead atoms. The maximum absolute atomic E-state index is 12.8. The van der Waals surface area contributed by atoms with E-state index in [1.165, 1.54) is 0 Å². The summed E-state index contributed by atoms with van der Waals surface area (Å²) >= 11 is 6.28. The zero-order valence-electron chi connectivity index (χ0n) is 11.1. The van der Waals surface area contributed by atoms with Gasteiger partial charge in [-0.25, -0.2) is 8.42 Å². The van der Waals surface area contributed by atoms with Gasteiger partial charge < -0.3 is 5.32 Å². The number of sulfone groups is 1. The van der Waals surface area contributed by atoms with Crippen LogP contribution < -0.4 is 5.32 Å². The van der Waals surface area contributed by atoms with Crippen LogP contribution in [0, 0.1) is 0 Å². The molecule has 106 valence electrons. The van der Waals surface area contributed by atoms with Gasteiger partial charge in [0.1, 0.15) is 0 Å². The molecule has 0 saturated heterocycles. The Balaban J connectivity index is 2.17. The molecule has 2 rings (SSSR count). The van der Waals surface area contributed by atoms with Crippen LogP contribution in [0.3, 0.4) is 0 Å². The van der Waals surface area contributed by atoms with Crippen molar-refractivity contribution in [1.82, 2.24) is 5.32 Å². The van der Waals surface area contributed by atoms with E-state index in [0.717, 1.165) is 51.4 Å². The molecule has 2 aliphatic carbocycles. The summed E-state index contributed by atoms with van der Waals surface area (Å²) < 4.78 is 25.6. The first-order valence-corrected chi connectivity index (χ1v) is 9.16. The lowest BCUT2D eigenvalue weighted by Gasteiger charge is -2.36. The molecule has 2 saturated carbocycles. The summed E-state index contributed by atoms with van der Waals surface area (Å²) in [5.41, 5.74) is 0. The molecule has 0 amide bonds. The van der Waals surface area contributed by atoms with Crippen molar-refractivity contribution in [3.05, 3.63) is 0 Å². The molecule has 5 heteroatoms. The van der Waals surface area contributed by atoms with E-state index in [-0.39, 0.29) is 21.9 Å². The zero-order chi connectivity index (χ0) is 13.2. The Morgan fingerprint density at radius 1 is 0.944 bits per heavy atom. The van der Waals surface area contributed by atoms with E-state index in [0.29, 0.717) is 0 Å². The van der Waals surface area contributed by atoms with E-state index in [1.807, 2.05) is 7.05 Å². The summed E-state index contributed by atoms with van der Waals surface area (Å²) in [4.78, 5) is 0. The van der Waals surface area contributed by atoms with Gasteiger partial charge in [0, 0.05) is 6.04 Å². The second-order valence-electron chi connectivity index (χ2n) is 5.65. The Labute approximate surface area is 116 Å². The summed E-state index contributed by atoms with van der Waals surface area (Å²) in [7, 11) is -1.22. The van der Waals surface area contributed by atoms with Gasteiger partial charge in [0.15, 0.2) is 9.84 Å². The lowest BCUT2D eigenvalue weighted by atomic mass is 9.95. The summed E-state index contributed by atoms with van der Waals surface area (Å²) in [6.07, 6.45) is 7.61. The third-order valence-corrected chi connectivity index (χ3v) is 8.03. The average molecular weight is 294 g/mol. The lowest BCUT2D eigenvalue weighted by molar-refractivity contribution is 0.382. The van der Waals surface area contributed by atoms with E-state index in [4.69, 9.17) is 11.6 Å². The van der Waals surface area contributed by atoms with Gasteiger partial charge in [-0.3, -0.25) is 0 Å². The third kappa shape index (κ3) is 2.86. The fraction of sp³-hybridized carbons (Fsp3) is 1.00. The van der Waals surface area contributed by atoms with Crippen molar-refractivity contribution < 1.29 is 8.42 Å². The van der Waals surface area contributed by atoms with E-state index < -0.39 is 9.84 Å². The molecule has 3 nitrogen and oxygen atoms in total. The van der Waals surface area contributed by atoms with Gasteiger partial charge in [-0.05, 0) is 32.7 Å². The Morgan fingerprint density at radius 2 is 1.50 bits per heavy atom. The van der Waals surface area contributed by atoms with Gasteiger partial charge >= 0.3 is 0 Å². The molecule has 2 aliphatic rings. The molecule has 0 aromatic rings. The maximum atomic E-state index is 12.8. The minimum Gasteiger partial charge on any atom is -0.316 e. The van der Waals surface area contributed by atoms with Crippen LogP contribution in [0.15, 0.2) is 0 Å². The summed E-state index contributed by atoms with van der Waals surface area (Å²) in [6, 6.07) is 0.120. The molecule has 4 atom stereocenters.